The van der Waals surface area contributed by atoms with Gasteiger partial charge in [0.15, 0.2) is 0 Å². The summed E-state index contributed by atoms with van der Waals surface area (Å²) in [5.74, 6) is -1.41. The molecule has 0 aromatic carbocycles. The number of aliphatic carboxylic acids is 1. The predicted octanol–water partition coefficient (Wildman–Crippen LogP) is 0.263. The Labute approximate surface area is 86.9 Å². The van der Waals surface area contributed by atoms with Crippen LogP contribution in [-0.4, -0.2) is 45.2 Å². The van der Waals surface area contributed by atoms with E-state index in [4.69, 9.17) is 5.11 Å². The van der Waals surface area contributed by atoms with Crippen molar-refractivity contribution in [2.45, 2.75) is 19.9 Å². The number of carboxylic acids is 1. The molecule has 0 aliphatic carbocycles. The van der Waals surface area contributed by atoms with Crippen molar-refractivity contribution in [1.29, 1.82) is 0 Å². The largest absolute Gasteiger partial charge is 0.480 e. The number of aryl methyl sites for hydroxylation is 1. The molecular formula is C9H13N3O3. The Morgan fingerprint density at radius 2 is 2.20 bits per heavy atom. The number of hydrogen-bond donors (Lipinski definition) is 2. The van der Waals surface area contributed by atoms with Gasteiger partial charge in [-0.1, -0.05) is 0 Å². The first-order valence-electron chi connectivity index (χ1n) is 4.45. The molecule has 1 aromatic heterocycles. The third-order valence-electron chi connectivity index (χ3n) is 2.30. The number of aromatic amines is 1. The van der Waals surface area contributed by atoms with E-state index in [1.165, 1.54) is 20.2 Å². The van der Waals surface area contributed by atoms with E-state index in [0.717, 1.165) is 4.90 Å². The van der Waals surface area contributed by atoms with Gasteiger partial charge in [-0.25, -0.2) is 4.79 Å². The van der Waals surface area contributed by atoms with E-state index in [-0.39, 0.29) is 5.91 Å². The molecule has 82 valence electrons. The number of carboxylic acid groups (broad SMARTS) is 1. The number of rotatable bonds is 3. The van der Waals surface area contributed by atoms with Gasteiger partial charge in [-0.15, -0.1) is 0 Å². The zero-order valence-corrected chi connectivity index (χ0v) is 8.81. The van der Waals surface area contributed by atoms with E-state index >= 15 is 0 Å². The molecule has 0 fully saturated rings. The highest BCUT2D eigenvalue weighted by molar-refractivity contribution is 5.95. The fraction of sp³-hybridized carbons (Fsp3) is 0.444. The standard InChI is InChI=1S/C9H13N3O3/c1-5-4-10-11-7(5)8(13)12(3)6(2)9(14)15/h4,6H,1-3H3,(H,10,11)(H,14,15). The first-order chi connectivity index (χ1) is 6.95. The summed E-state index contributed by atoms with van der Waals surface area (Å²) in [5.41, 5.74) is 1.02. The summed E-state index contributed by atoms with van der Waals surface area (Å²) in [7, 11) is 1.45. The molecular weight excluding hydrogens is 198 g/mol. The van der Waals surface area contributed by atoms with Crippen LogP contribution in [0.1, 0.15) is 23.0 Å². The van der Waals surface area contributed by atoms with Crippen LogP contribution in [-0.2, 0) is 4.79 Å². The van der Waals surface area contributed by atoms with Crippen LogP contribution in [0.4, 0.5) is 0 Å². The molecule has 1 rings (SSSR count). The molecule has 6 heteroatoms. The van der Waals surface area contributed by atoms with E-state index in [1.54, 1.807) is 6.92 Å². The Kier molecular flexibility index (Phi) is 3.08. The highest BCUT2D eigenvalue weighted by Gasteiger charge is 2.24. The average molecular weight is 211 g/mol. The van der Waals surface area contributed by atoms with Crippen molar-refractivity contribution in [3.05, 3.63) is 17.5 Å². The van der Waals surface area contributed by atoms with Crippen LogP contribution in [0.15, 0.2) is 6.20 Å². The Bertz CT molecular complexity index is 386. The van der Waals surface area contributed by atoms with Gasteiger partial charge in [-0.05, 0) is 19.4 Å². The smallest absolute Gasteiger partial charge is 0.326 e. The summed E-state index contributed by atoms with van der Waals surface area (Å²) in [6.07, 6.45) is 1.52. The van der Waals surface area contributed by atoms with Gasteiger partial charge in [0.05, 0.1) is 6.20 Å². The van der Waals surface area contributed by atoms with E-state index in [2.05, 4.69) is 10.2 Å². The third-order valence-corrected chi connectivity index (χ3v) is 2.30. The van der Waals surface area contributed by atoms with Crippen molar-refractivity contribution >= 4 is 11.9 Å². The van der Waals surface area contributed by atoms with Crippen molar-refractivity contribution in [2.24, 2.45) is 0 Å². The predicted molar refractivity (Wildman–Crippen MR) is 52.5 cm³/mol. The number of amides is 1. The maximum Gasteiger partial charge on any atom is 0.326 e. The van der Waals surface area contributed by atoms with Crippen molar-refractivity contribution in [3.63, 3.8) is 0 Å². The van der Waals surface area contributed by atoms with E-state index in [9.17, 15) is 9.59 Å². The number of aromatic nitrogens is 2. The van der Waals surface area contributed by atoms with Crippen molar-refractivity contribution < 1.29 is 14.7 Å². The number of nitrogens with one attached hydrogen (secondary N) is 1. The van der Waals surface area contributed by atoms with Crippen LogP contribution in [0.3, 0.4) is 0 Å². The maximum atomic E-state index is 11.8. The molecule has 0 saturated carbocycles. The van der Waals surface area contributed by atoms with Crippen molar-refractivity contribution in [1.82, 2.24) is 15.1 Å². The van der Waals surface area contributed by atoms with Crippen LogP contribution >= 0.6 is 0 Å². The second-order valence-electron chi connectivity index (χ2n) is 3.36. The zero-order chi connectivity index (χ0) is 11.6. The molecule has 2 N–H and O–H groups in total. The molecule has 0 aliphatic heterocycles. The van der Waals surface area contributed by atoms with Crippen molar-refractivity contribution in [2.75, 3.05) is 7.05 Å². The zero-order valence-electron chi connectivity index (χ0n) is 8.81. The lowest BCUT2D eigenvalue weighted by atomic mass is 10.2. The Morgan fingerprint density at radius 1 is 1.60 bits per heavy atom. The molecule has 0 radical (unpaired) electrons. The molecule has 0 saturated heterocycles. The second kappa shape index (κ2) is 4.12. The second-order valence-corrected chi connectivity index (χ2v) is 3.36. The summed E-state index contributed by atoms with van der Waals surface area (Å²) in [6.45, 7) is 3.18. The SMILES string of the molecule is Cc1cn[nH]c1C(=O)N(C)C(C)C(=O)O. The monoisotopic (exact) mass is 211 g/mol. The highest BCUT2D eigenvalue weighted by atomic mass is 16.4. The summed E-state index contributed by atoms with van der Waals surface area (Å²) < 4.78 is 0. The van der Waals surface area contributed by atoms with Crippen LogP contribution < -0.4 is 0 Å². The Morgan fingerprint density at radius 3 is 2.60 bits per heavy atom. The van der Waals surface area contributed by atoms with E-state index < -0.39 is 12.0 Å². The number of hydrogen-bond acceptors (Lipinski definition) is 3. The summed E-state index contributed by atoms with van der Waals surface area (Å²) in [6, 6.07) is -0.861. The summed E-state index contributed by atoms with van der Waals surface area (Å²) in [4.78, 5) is 23.6. The van der Waals surface area contributed by atoms with Crippen LogP contribution in [0, 0.1) is 6.92 Å². The first-order valence-corrected chi connectivity index (χ1v) is 4.45. The fourth-order valence-electron chi connectivity index (χ4n) is 1.08. The van der Waals surface area contributed by atoms with Gasteiger partial charge in [0.1, 0.15) is 11.7 Å². The Hall–Kier alpha value is -1.85. The van der Waals surface area contributed by atoms with Gasteiger partial charge in [0, 0.05) is 7.05 Å². The normalized spacial score (nSPS) is 12.2. The fourth-order valence-corrected chi connectivity index (χ4v) is 1.08. The minimum atomic E-state index is -1.04. The molecule has 0 aliphatic rings. The van der Waals surface area contributed by atoms with Gasteiger partial charge in [0.2, 0.25) is 0 Å². The first kappa shape index (κ1) is 11.2. The maximum absolute atomic E-state index is 11.8. The Balaban J connectivity index is 2.86. The molecule has 1 atom stereocenters. The molecule has 6 nitrogen and oxygen atoms in total. The van der Waals surface area contributed by atoms with Gasteiger partial charge >= 0.3 is 5.97 Å². The van der Waals surface area contributed by atoms with Crippen LogP contribution in [0.2, 0.25) is 0 Å². The summed E-state index contributed by atoms with van der Waals surface area (Å²) in [5, 5.41) is 15.0. The number of carbonyl (C=O) groups is 2. The van der Waals surface area contributed by atoms with Gasteiger partial charge in [0.25, 0.3) is 5.91 Å². The van der Waals surface area contributed by atoms with E-state index in [1.807, 2.05) is 0 Å². The molecule has 1 amide bonds. The highest BCUT2D eigenvalue weighted by Crippen LogP contribution is 2.08. The molecule has 1 aromatic rings. The van der Waals surface area contributed by atoms with Crippen LogP contribution in [0.5, 0.6) is 0 Å². The third kappa shape index (κ3) is 2.15. The molecule has 15 heavy (non-hydrogen) atoms. The lowest BCUT2D eigenvalue weighted by molar-refractivity contribution is -0.141. The minimum absolute atomic E-state index is 0.325. The van der Waals surface area contributed by atoms with Crippen LogP contribution in [0.25, 0.3) is 0 Å². The average Bonchev–Trinajstić information content (AvgIpc) is 2.60. The molecule has 0 bridgehead atoms. The molecule has 0 spiro atoms. The topological polar surface area (TPSA) is 86.3 Å². The lowest BCUT2D eigenvalue weighted by Crippen LogP contribution is -2.40. The van der Waals surface area contributed by atoms with Gasteiger partial charge in [-0.2, -0.15) is 5.10 Å². The van der Waals surface area contributed by atoms with Crippen molar-refractivity contribution in [3.8, 4) is 0 Å². The number of H-pyrrole nitrogens is 1. The van der Waals surface area contributed by atoms with Gasteiger partial charge in [-0.3, -0.25) is 9.89 Å². The molecule has 1 unspecified atom stereocenters. The summed E-state index contributed by atoms with van der Waals surface area (Å²) >= 11 is 0. The van der Waals surface area contributed by atoms with Gasteiger partial charge < -0.3 is 10.0 Å². The molecule has 1 heterocycles. The van der Waals surface area contributed by atoms with E-state index in [0.29, 0.717) is 11.3 Å². The quantitative estimate of drug-likeness (QED) is 0.751. The lowest BCUT2D eigenvalue weighted by Gasteiger charge is -2.20. The number of nitrogens with zero attached hydrogens (tertiary/aromatic N) is 2. The minimum Gasteiger partial charge on any atom is -0.480 e. The number of carbonyl (C=O) groups excluding carboxylic acids is 1. The number of likely N-dealkylation sites (N-methyl/N-ethyl adjacent to an activating group) is 1.